The minimum absolute atomic E-state index is 0.677. The quantitative estimate of drug-likeness (QED) is 0.606. The van der Waals surface area contributed by atoms with Crippen LogP contribution in [0.25, 0.3) is 0 Å². The zero-order valence-corrected chi connectivity index (χ0v) is 7.60. The molecule has 0 amide bonds. The highest BCUT2D eigenvalue weighted by Crippen LogP contribution is 1.90. The van der Waals surface area contributed by atoms with E-state index in [0.29, 0.717) is 6.61 Å². The Morgan fingerprint density at radius 3 is 2.64 bits per heavy atom. The van der Waals surface area contributed by atoms with E-state index in [2.05, 4.69) is 19.2 Å². The van der Waals surface area contributed by atoms with Gasteiger partial charge >= 0.3 is 0 Å². The van der Waals surface area contributed by atoms with Crippen LogP contribution in [0.4, 0.5) is 0 Å². The maximum atomic E-state index is 4.89. The van der Waals surface area contributed by atoms with E-state index in [1.807, 2.05) is 0 Å². The molecule has 0 saturated carbocycles. The molecule has 4 heteroatoms. The lowest BCUT2D eigenvalue weighted by atomic mass is 10.4. The van der Waals surface area contributed by atoms with Crippen LogP contribution < -0.4 is 5.30 Å². The van der Waals surface area contributed by atoms with E-state index in [9.17, 15) is 0 Å². The Labute approximate surface area is 68.4 Å². The van der Waals surface area contributed by atoms with Crippen LogP contribution in [0.15, 0.2) is 12.4 Å². The molecular formula is C7H11N2OP. The summed E-state index contributed by atoms with van der Waals surface area (Å²) in [6, 6.07) is 0. The minimum Gasteiger partial charge on any atom is -0.384 e. The van der Waals surface area contributed by atoms with Crippen molar-refractivity contribution in [3.63, 3.8) is 0 Å². The van der Waals surface area contributed by atoms with Gasteiger partial charge in [0.25, 0.3) is 0 Å². The van der Waals surface area contributed by atoms with Crippen molar-refractivity contribution in [2.24, 2.45) is 0 Å². The van der Waals surface area contributed by atoms with Crippen LogP contribution in [0.3, 0.4) is 0 Å². The van der Waals surface area contributed by atoms with Crippen LogP contribution in [-0.4, -0.2) is 23.7 Å². The summed E-state index contributed by atoms with van der Waals surface area (Å²) < 4.78 is 4.89. The van der Waals surface area contributed by atoms with Gasteiger partial charge in [-0.2, -0.15) is 0 Å². The normalized spacial score (nSPS) is 10.0. The van der Waals surface area contributed by atoms with Crippen molar-refractivity contribution >= 4 is 14.5 Å². The predicted octanol–water partition coefficient (Wildman–Crippen LogP) is 0.166. The van der Waals surface area contributed by atoms with Crippen molar-refractivity contribution in [1.29, 1.82) is 0 Å². The highest BCUT2D eigenvalue weighted by Gasteiger charge is 1.93. The third-order valence-corrected chi connectivity index (χ3v) is 1.55. The van der Waals surface area contributed by atoms with Crippen molar-refractivity contribution in [3.05, 3.63) is 18.2 Å². The molecule has 0 bridgehead atoms. The Balaban J connectivity index is 2.52. The van der Waals surface area contributed by atoms with Crippen LogP contribution >= 0.6 is 9.24 Å². The van der Waals surface area contributed by atoms with Crippen molar-refractivity contribution in [1.82, 2.24) is 9.97 Å². The fourth-order valence-corrected chi connectivity index (χ4v) is 0.836. The van der Waals surface area contributed by atoms with E-state index in [1.165, 1.54) is 0 Å². The number of aromatic nitrogens is 2. The van der Waals surface area contributed by atoms with Gasteiger partial charge in [-0.15, -0.1) is 9.24 Å². The third kappa shape index (κ3) is 2.91. The zero-order chi connectivity index (χ0) is 8.10. The first-order valence-corrected chi connectivity index (χ1v) is 3.96. The second-order valence-corrected chi connectivity index (χ2v) is 2.84. The number of rotatable bonds is 3. The first-order valence-electron chi connectivity index (χ1n) is 3.38. The van der Waals surface area contributed by atoms with Crippen LogP contribution in [-0.2, 0) is 11.2 Å². The topological polar surface area (TPSA) is 35.0 Å². The van der Waals surface area contributed by atoms with Gasteiger partial charge in [-0.1, -0.05) is 0 Å². The second kappa shape index (κ2) is 4.37. The first-order chi connectivity index (χ1) is 5.33. The van der Waals surface area contributed by atoms with Gasteiger partial charge in [-0.25, -0.2) is 9.97 Å². The smallest absolute Gasteiger partial charge is 0.130 e. The number of nitrogens with zero attached hydrogens (tertiary/aromatic N) is 2. The molecule has 11 heavy (non-hydrogen) atoms. The highest BCUT2D eigenvalue weighted by atomic mass is 31.0. The summed E-state index contributed by atoms with van der Waals surface area (Å²) in [4.78, 5) is 8.21. The molecule has 60 valence electrons. The summed E-state index contributed by atoms with van der Waals surface area (Å²) in [5.41, 5.74) is 0. The Kier molecular flexibility index (Phi) is 3.40. The monoisotopic (exact) mass is 170 g/mol. The van der Waals surface area contributed by atoms with Gasteiger partial charge < -0.3 is 4.74 Å². The van der Waals surface area contributed by atoms with Gasteiger partial charge in [0.05, 0.1) is 6.61 Å². The molecule has 3 nitrogen and oxygen atoms in total. The lowest BCUT2D eigenvalue weighted by Crippen LogP contribution is -2.03. The van der Waals surface area contributed by atoms with Gasteiger partial charge in [0.2, 0.25) is 0 Å². The van der Waals surface area contributed by atoms with E-state index in [4.69, 9.17) is 4.74 Å². The molecule has 0 aliphatic heterocycles. The summed E-state index contributed by atoms with van der Waals surface area (Å²) >= 11 is 0. The fraction of sp³-hybridized carbons (Fsp3) is 0.429. The van der Waals surface area contributed by atoms with Crippen molar-refractivity contribution in [2.45, 2.75) is 6.42 Å². The molecule has 0 radical (unpaired) electrons. The Morgan fingerprint density at radius 2 is 2.09 bits per heavy atom. The average molecular weight is 170 g/mol. The number of methoxy groups -OCH3 is 1. The fourth-order valence-electron chi connectivity index (χ4n) is 0.687. The molecule has 0 aromatic carbocycles. The van der Waals surface area contributed by atoms with Crippen LogP contribution in [0.5, 0.6) is 0 Å². The molecule has 0 N–H and O–H groups in total. The highest BCUT2D eigenvalue weighted by molar-refractivity contribution is 7.27. The van der Waals surface area contributed by atoms with Gasteiger partial charge in [-0.05, 0) is 0 Å². The van der Waals surface area contributed by atoms with Crippen LogP contribution in [0, 0.1) is 0 Å². The SMILES string of the molecule is COCCc1ncc(P)cn1. The standard InChI is InChI=1S/C7H11N2OP/c1-10-3-2-7-8-4-6(11)5-9-7/h4-5H,2-3,11H2,1H3. The summed E-state index contributed by atoms with van der Waals surface area (Å²) in [6.45, 7) is 0.677. The van der Waals surface area contributed by atoms with Gasteiger partial charge in [0, 0.05) is 31.2 Å². The van der Waals surface area contributed by atoms with Crippen LogP contribution in [0.1, 0.15) is 5.82 Å². The Morgan fingerprint density at radius 1 is 1.45 bits per heavy atom. The zero-order valence-electron chi connectivity index (χ0n) is 6.45. The van der Waals surface area contributed by atoms with Gasteiger partial charge in [-0.3, -0.25) is 0 Å². The summed E-state index contributed by atoms with van der Waals surface area (Å²) in [5, 5.41) is 1.01. The predicted molar refractivity (Wildman–Crippen MR) is 47.0 cm³/mol. The summed E-state index contributed by atoms with van der Waals surface area (Å²) in [6.07, 6.45) is 4.34. The molecule has 1 atom stereocenters. The maximum Gasteiger partial charge on any atom is 0.130 e. The van der Waals surface area contributed by atoms with Gasteiger partial charge in [0.15, 0.2) is 0 Å². The Hall–Kier alpha value is -0.530. The molecule has 0 aliphatic carbocycles. The van der Waals surface area contributed by atoms with E-state index < -0.39 is 0 Å². The molecule has 1 aromatic rings. The Bertz CT molecular complexity index is 212. The van der Waals surface area contributed by atoms with E-state index in [0.717, 1.165) is 17.5 Å². The van der Waals surface area contributed by atoms with Crippen LogP contribution in [0.2, 0.25) is 0 Å². The largest absolute Gasteiger partial charge is 0.384 e. The van der Waals surface area contributed by atoms with E-state index in [1.54, 1.807) is 19.5 Å². The summed E-state index contributed by atoms with van der Waals surface area (Å²) in [5.74, 6) is 0.832. The third-order valence-electron chi connectivity index (χ3n) is 1.26. The molecule has 1 rings (SSSR count). The first kappa shape index (κ1) is 8.57. The average Bonchev–Trinajstić information content (AvgIpc) is 2.04. The number of hydrogen-bond acceptors (Lipinski definition) is 3. The lowest BCUT2D eigenvalue weighted by molar-refractivity contribution is 0.200. The molecule has 1 heterocycles. The van der Waals surface area contributed by atoms with Gasteiger partial charge in [0.1, 0.15) is 5.82 Å². The molecular weight excluding hydrogens is 159 g/mol. The second-order valence-electron chi connectivity index (χ2n) is 2.18. The number of ether oxygens (including phenoxy) is 1. The van der Waals surface area contributed by atoms with Crippen molar-refractivity contribution < 1.29 is 4.74 Å². The van der Waals surface area contributed by atoms with E-state index >= 15 is 0 Å². The summed E-state index contributed by atoms with van der Waals surface area (Å²) in [7, 11) is 4.21. The molecule has 0 fully saturated rings. The lowest BCUT2D eigenvalue weighted by Gasteiger charge is -1.97. The molecule has 1 aromatic heterocycles. The molecule has 1 unspecified atom stereocenters. The maximum absolute atomic E-state index is 4.89. The van der Waals surface area contributed by atoms with Crippen molar-refractivity contribution in [2.75, 3.05) is 13.7 Å². The minimum atomic E-state index is 0.677. The molecule has 0 saturated heterocycles. The van der Waals surface area contributed by atoms with E-state index in [-0.39, 0.29) is 0 Å². The molecule has 0 aliphatic rings. The van der Waals surface area contributed by atoms with Crippen molar-refractivity contribution in [3.8, 4) is 0 Å². The molecule has 0 spiro atoms. The number of hydrogen-bond donors (Lipinski definition) is 0.